The van der Waals surface area contributed by atoms with E-state index in [1.807, 2.05) is 20.8 Å². The van der Waals surface area contributed by atoms with Crippen molar-refractivity contribution in [1.82, 2.24) is 4.90 Å². The van der Waals surface area contributed by atoms with Gasteiger partial charge in [-0.15, -0.1) is 0 Å². The Morgan fingerprint density at radius 1 is 0.957 bits per heavy atom. The zero-order valence-corrected chi connectivity index (χ0v) is 15.3. The molecule has 0 saturated heterocycles. The Morgan fingerprint density at radius 2 is 1.57 bits per heavy atom. The molecule has 0 saturated carbocycles. The molecule has 0 fully saturated rings. The Hall–Kier alpha value is -1.20. The van der Waals surface area contributed by atoms with E-state index in [0.717, 1.165) is 32.5 Å². The number of ether oxygens (including phenoxy) is 1. The standard InChI is InChI=1S/C18H32N2O3/c1-6-9-20(10-7-2)11-13-23-12-8-19-15-14(18(3,4)5)16(21)17(15)22/h19H,6-13H2,1-5H3. The molecule has 1 N–H and O–H groups in total. The van der Waals surface area contributed by atoms with Crippen LogP contribution in [-0.4, -0.2) is 44.3 Å². The van der Waals surface area contributed by atoms with E-state index >= 15 is 0 Å². The van der Waals surface area contributed by atoms with Gasteiger partial charge in [-0.25, -0.2) is 0 Å². The molecule has 0 bridgehead atoms. The van der Waals surface area contributed by atoms with Crippen LogP contribution in [-0.2, 0) is 10.2 Å². The minimum Gasteiger partial charge on any atom is -0.379 e. The molecule has 1 aromatic carbocycles. The summed E-state index contributed by atoms with van der Waals surface area (Å²) >= 11 is 0. The minimum atomic E-state index is -0.396. The lowest BCUT2D eigenvalue weighted by Crippen LogP contribution is -2.43. The first-order valence-electron chi connectivity index (χ1n) is 8.70. The molecular weight excluding hydrogens is 292 g/mol. The first-order chi connectivity index (χ1) is 10.8. The van der Waals surface area contributed by atoms with Gasteiger partial charge < -0.3 is 15.0 Å². The van der Waals surface area contributed by atoms with Crippen LogP contribution >= 0.6 is 0 Å². The van der Waals surface area contributed by atoms with Gasteiger partial charge in [0.25, 0.3) is 0 Å². The number of nitrogens with zero attached hydrogens (tertiary/aromatic N) is 1. The Kier molecular flexibility index (Phi) is 7.92. The van der Waals surface area contributed by atoms with Gasteiger partial charge in [-0.3, -0.25) is 9.59 Å². The lowest BCUT2D eigenvalue weighted by atomic mass is 9.82. The van der Waals surface area contributed by atoms with Crippen molar-refractivity contribution in [2.75, 3.05) is 44.7 Å². The highest BCUT2D eigenvalue weighted by molar-refractivity contribution is 5.59. The molecule has 0 unspecified atom stereocenters. The third-order valence-corrected chi connectivity index (χ3v) is 3.84. The maximum Gasteiger partial charge on any atom is 0.249 e. The summed E-state index contributed by atoms with van der Waals surface area (Å²) in [7, 11) is 0. The Balaban J connectivity index is 2.30. The van der Waals surface area contributed by atoms with Crippen molar-refractivity contribution in [2.45, 2.75) is 52.9 Å². The Labute approximate surface area is 139 Å². The van der Waals surface area contributed by atoms with E-state index in [1.54, 1.807) is 0 Å². The molecule has 0 aliphatic heterocycles. The topological polar surface area (TPSA) is 58.6 Å². The van der Waals surface area contributed by atoms with E-state index in [0.29, 0.717) is 31.0 Å². The lowest BCUT2D eigenvalue weighted by molar-refractivity contribution is 0.111. The molecule has 1 rings (SSSR count). The van der Waals surface area contributed by atoms with Crippen LogP contribution in [0.15, 0.2) is 9.59 Å². The summed E-state index contributed by atoms with van der Waals surface area (Å²) in [6.07, 6.45) is 2.31. The van der Waals surface area contributed by atoms with Crippen molar-refractivity contribution in [2.24, 2.45) is 0 Å². The second kappa shape index (κ2) is 9.18. The van der Waals surface area contributed by atoms with E-state index < -0.39 is 5.43 Å². The van der Waals surface area contributed by atoms with E-state index in [9.17, 15) is 9.59 Å². The van der Waals surface area contributed by atoms with Gasteiger partial charge in [-0.1, -0.05) is 34.6 Å². The van der Waals surface area contributed by atoms with Gasteiger partial charge in [0.2, 0.25) is 10.9 Å². The molecule has 0 aliphatic rings. The smallest absolute Gasteiger partial charge is 0.249 e. The normalized spacial score (nSPS) is 12.3. The fourth-order valence-electron chi connectivity index (χ4n) is 2.79. The van der Waals surface area contributed by atoms with Crippen molar-refractivity contribution >= 4 is 5.69 Å². The third-order valence-electron chi connectivity index (χ3n) is 3.84. The van der Waals surface area contributed by atoms with Gasteiger partial charge in [0.05, 0.1) is 18.9 Å². The van der Waals surface area contributed by atoms with Gasteiger partial charge in [-0.05, 0) is 31.3 Å². The maximum absolute atomic E-state index is 11.7. The molecule has 0 aliphatic carbocycles. The lowest BCUT2D eigenvalue weighted by Gasteiger charge is -2.24. The fraction of sp³-hybridized carbons (Fsp3) is 0.778. The number of nitrogens with one attached hydrogen (secondary N) is 1. The van der Waals surface area contributed by atoms with E-state index in [4.69, 9.17) is 4.74 Å². The molecule has 23 heavy (non-hydrogen) atoms. The highest BCUT2D eigenvalue weighted by Gasteiger charge is 2.29. The first kappa shape index (κ1) is 19.8. The quantitative estimate of drug-likeness (QED) is 0.499. The zero-order valence-electron chi connectivity index (χ0n) is 15.3. The molecule has 1 aromatic rings. The van der Waals surface area contributed by atoms with Crippen LogP contribution in [0.4, 0.5) is 5.69 Å². The molecule has 0 spiro atoms. The minimum absolute atomic E-state index is 0.297. The predicted octanol–water partition coefficient (Wildman–Crippen LogP) is 2.13. The Morgan fingerprint density at radius 3 is 2.09 bits per heavy atom. The number of anilines is 1. The summed E-state index contributed by atoms with van der Waals surface area (Å²) in [4.78, 5) is 25.7. The van der Waals surface area contributed by atoms with Crippen LogP contribution in [0.3, 0.4) is 0 Å². The summed E-state index contributed by atoms with van der Waals surface area (Å²) in [5.41, 5.74) is 0.0431. The average Bonchev–Trinajstić information content (AvgIpc) is 2.47. The molecule has 0 heterocycles. The van der Waals surface area contributed by atoms with Gasteiger partial charge in [0.1, 0.15) is 0 Å². The van der Waals surface area contributed by atoms with Crippen molar-refractivity contribution in [3.8, 4) is 0 Å². The van der Waals surface area contributed by atoms with Crippen molar-refractivity contribution in [1.29, 1.82) is 0 Å². The highest BCUT2D eigenvalue weighted by atomic mass is 16.5. The molecule has 5 nitrogen and oxygen atoms in total. The van der Waals surface area contributed by atoms with Gasteiger partial charge in [0.15, 0.2) is 0 Å². The summed E-state index contributed by atoms with van der Waals surface area (Å²) in [5.74, 6) is 0. The van der Waals surface area contributed by atoms with E-state index in [1.165, 1.54) is 0 Å². The van der Waals surface area contributed by atoms with Crippen molar-refractivity contribution < 1.29 is 4.74 Å². The molecule has 5 heteroatoms. The number of hydrogen-bond acceptors (Lipinski definition) is 5. The highest BCUT2D eigenvalue weighted by Crippen LogP contribution is 2.25. The van der Waals surface area contributed by atoms with Crippen LogP contribution in [0.1, 0.15) is 53.0 Å². The number of rotatable bonds is 11. The molecule has 132 valence electrons. The van der Waals surface area contributed by atoms with Crippen LogP contribution in [0.25, 0.3) is 0 Å². The van der Waals surface area contributed by atoms with Crippen LogP contribution in [0, 0.1) is 0 Å². The number of hydrogen-bond donors (Lipinski definition) is 1. The van der Waals surface area contributed by atoms with Gasteiger partial charge in [-0.2, -0.15) is 0 Å². The van der Waals surface area contributed by atoms with Crippen molar-refractivity contribution in [3.63, 3.8) is 0 Å². The second-order valence-corrected chi connectivity index (χ2v) is 7.04. The SMILES string of the molecule is CCCN(CCC)CCOCCNc1c(C(C)(C)C)c(=O)c1=O. The third kappa shape index (κ3) is 5.74. The molecule has 0 atom stereocenters. The summed E-state index contributed by atoms with van der Waals surface area (Å²) in [6, 6.07) is 0. The molecule has 0 amide bonds. The summed E-state index contributed by atoms with van der Waals surface area (Å²) in [5, 5.41) is 3.07. The summed E-state index contributed by atoms with van der Waals surface area (Å²) in [6.45, 7) is 15.1. The van der Waals surface area contributed by atoms with Crippen LogP contribution < -0.4 is 16.2 Å². The zero-order chi connectivity index (χ0) is 17.5. The first-order valence-corrected chi connectivity index (χ1v) is 8.70. The monoisotopic (exact) mass is 324 g/mol. The maximum atomic E-state index is 11.7. The van der Waals surface area contributed by atoms with Crippen LogP contribution in [0.5, 0.6) is 0 Å². The predicted molar refractivity (Wildman–Crippen MR) is 96.4 cm³/mol. The molecule has 0 radical (unpaired) electrons. The second-order valence-electron chi connectivity index (χ2n) is 7.04. The van der Waals surface area contributed by atoms with E-state index in [-0.39, 0.29) is 10.8 Å². The van der Waals surface area contributed by atoms with E-state index in [2.05, 4.69) is 24.1 Å². The van der Waals surface area contributed by atoms with Crippen molar-refractivity contribution in [3.05, 3.63) is 26.0 Å². The molecular formula is C18H32N2O3. The van der Waals surface area contributed by atoms with Gasteiger partial charge >= 0.3 is 0 Å². The fourth-order valence-corrected chi connectivity index (χ4v) is 2.79. The largest absolute Gasteiger partial charge is 0.379 e. The van der Waals surface area contributed by atoms with Crippen LogP contribution in [0.2, 0.25) is 0 Å². The average molecular weight is 324 g/mol. The van der Waals surface area contributed by atoms with Gasteiger partial charge in [0, 0.05) is 18.7 Å². The Bertz CT molecular complexity index is 533. The summed E-state index contributed by atoms with van der Waals surface area (Å²) < 4.78 is 5.64. The molecule has 0 aromatic heterocycles.